The maximum Gasteiger partial charge on any atom is 0.405 e. The molecule has 2 aliphatic heterocycles. The maximum atomic E-state index is 13.6. The number of carbonyl (C=O) groups excluding carboxylic acids is 2. The molecule has 1 fully saturated rings. The average Bonchev–Trinajstić information content (AvgIpc) is 3.15. The summed E-state index contributed by atoms with van der Waals surface area (Å²) in [6.07, 6.45) is -0.486. The normalized spacial score (nSPS) is 19.8. The van der Waals surface area contributed by atoms with Crippen LogP contribution in [0.1, 0.15) is 12.0 Å². The van der Waals surface area contributed by atoms with Gasteiger partial charge in [0.15, 0.2) is 0 Å². The largest absolute Gasteiger partial charge is 0.491 e. The van der Waals surface area contributed by atoms with E-state index in [2.05, 4.69) is 10.4 Å². The molecule has 3 aromatic carbocycles. The monoisotopic (exact) mass is 500 g/mol. The Morgan fingerprint density at radius 2 is 1.81 bits per heavy atom. The van der Waals surface area contributed by atoms with Crippen LogP contribution in [0.5, 0.6) is 5.75 Å². The van der Waals surface area contributed by atoms with Gasteiger partial charge in [0, 0.05) is 26.6 Å². The summed E-state index contributed by atoms with van der Waals surface area (Å²) in [5.74, 6) is -0.0686. The third-order valence-electron chi connectivity index (χ3n) is 7.00. The van der Waals surface area contributed by atoms with Crippen LogP contribution in [-0.4, -0.2) is 71.4 Å². The quantitative estimate of drug-likeness (QED) is 0.518. The van der Waals surface area contributed by atoms with Crippen LogP contribution in [-0.2, 0) is 16.0 Å². The lowest BCUT2D eigenvalue weighted by Crippen LogP contribution is -2.59. The van der Waals surface area contributed by atoms with Gasteiger partial charge in [-0.2, -0.15) is 5.10 Å². The van der Waals surface area contributed by atoms with Gasteiger partial charge in [0.2, 0.25) is 5.91 Å². The average molecular weight is 501 g/mol. The Kier molecular flexibility index (Phi) is 6.52. The summed E-state index contributed by atoms with van der Waals surface area (Å²) in [6.45, 7) is 0.278. The molecular formula is C28H28N4O5. The molecule has 1 saturated heterocycles. The lowest BCUT2D eigenvalue weighted by atomic mass is 9.73. The van der Waals surface area contributed by atoms with E-state index in [0.29, 0.717) is 25.1 Å². The van der Waals surface area contributed by atoms with Crippen molar-refractivity contribution >= 4 is 34.4 Å². The fourth-order valence-corrected chi connectivity index (χ4v) is 5.20. The van der Waals surface area contributed by atoms with Gasteiger partial charge in [-0.15, -0.1) is 0 Å². The van der Waals surface area contributed by atoms with E-state index in [-0.39, 0.29) is 19.1 Å². The van der Waals surface area contributed by atoms with Gasteiger partial charge in [0.05, 0.1) is 5.71 Å². The topological polar surface area (TPSA) is 112 Å². The Balaban J connectivity index is 1.36. The first-order valence-electron chi connectivity index (χ1n) is 12.2. The zero-order valence-electron chi connectivity index (χ0n) is 20.5. The van der Waals surface area contributed by atoms with Crippen LogP contribution < -0.4 is 10.1 Å². The van der Waals surface area contributed by atoms with E-state index < -0.39 is 23.5 Å². The molecule has 2 heterocycles. The molecule has 0 aliphatic carbocycles. The number of nitrogens with one attached hydrogen (secondary N) is 1. The fraction of sp³-hybridized carbons (Fsp3) is 0.286. The number of likely N-dealkylation sites (tertiary alicyclic amines) is 1. The number of hydrazone groups is 1. The Labute approximate surface area is 214 Å². The van der Waals surface area contributed by atoms with Crippen molar-refractivity contribution in [2.75, 3.05) is 26.7 Å². The lowest BCUT2D eigenvalue weighted by molar-refractivity contribution is -0.141. The van der Waals surface area contributed by atoms with Crippen molar-refractivity contribution < 1.29 is 24.2 Å². The van der Waals surface area contributed by atoms with Crippen molar-refractivity contribution in [1.29, 1.82) is 0 Å². The highest BCUT2D eigenvalue weighted by molar-refractivity contribution is 6.13. The predicted octanol–water partition coefficient (Wildman–Crippen LogP) is 3.14. The Bertz CT molecular complexity index is 1380. The molecule has 37 heavy (non-hydrogen) atoms. The van der Waals surface area contributed by atoms with Crippen molar-refractivity contribution in [3.05, 3.63) is 78.4 Å². The number of hydrogen-bond donors (Lipinski definition) is 2. The number of fused-ring (bicyclic) bond motifs is 2. The number of rotatable bonds is 7. The number of hydrogen-bond acceptors (Lipinski definition) is 5. The summed E-state index contributed by atoms with van der Waals surface area (Å²) in [5.41, 5.74) is 0.743. The molecule has 9 nitrogen and oxygen atoms in total. The van der Waals surface area contributed by atoms with E-state index in [1.165, 1.54) is 5.01 Å². The number of amides is 3. The van der Waals surface area contributed by atoms with Crippen LogP contribution in [0.4, 0.5) is 4.79 Å². The first-order valence-corrected chi connectivity index (χ1v) is 12.2. The summed E-state index contributed by atoms with van der Waals surface area (Å²) < 4.78 is 5.86. The van der Waals surface area contributed by atoms with E-state index in [1.807, 2.05) is 66.7 Å². The van der Waals surface area contributed by atoms with Gasteiger partial charge in [-0.25, -0.2) is 9.80 Å². The molecule has 2 aliphatic rings. The van der Waals surface area contributed by atoms with Gasteiger partial charge in [0.1, 0.15) is 23.8 Å². The van der Waals surface area contributed by atoms with E-state index in [0.717, 1.165) is 22.0 Å². The maximum absolute atomic E-state index is 13.6. The number of nitrogens with zero attached hydrogens (tertiary/aromatic N) is 3. The number of piperidine rings is 1. The molecule has 3 aromatic rings. The molecule has 0 radical (unpaired) electrons. The van der Waals surface area contributed by atoms with Crippen LogP contribution in [0, 0.1) is 5.41 Å². The minimum absolute atomic E-state index is 0.122. The van der Waals surface area contributed by atoms with Gasteiger partial charge in [-0.05, 0) is 34.9 Å². The van der Waals surface area contributed by atoms with Crippen molar-refractivity contribution in [3.8, 4) is 5.75 Å². The Morgan fingerprint density at radius 1 is 1.08 bits per heavy atom. The summed E-state index contributed by atoms with van der Waals surface area (Å²) in [5, 5.41) is 19.6. The van der Waals surface area contributed by atoms with E-state index >= 15 is 0 Å². The number of carboxylic acid groups (broad SMARTS) is 1. The van der Waals surface area contributed by atoms with Crippen LogP contribution in [0.2, 0.25) is 0 Å². The van der Waals surface area contributed by atoms with Crippen LogP contribution in [0.25, 0.3) is 10.8 Å². The zero-order valence-corrected chi connectivity index (χ0v) is 20.5. The number of carbonyl (C=O) groups is 3. The van der Waals surface area contributed by atoms with Crippen molar-refractivity contribution in [1.82, 2.24) is 15.2 Å². The second-order valence-corrected chi connectivity index (χ2v) is 9.45. The highest BCUT2D eigenvalue weighted by atomic mass is 16.5. The second-order valence-electron chi connectivity index (χ2n) is 9.45. The van der Waals surface area contributed by atoms with Crippen molar-refractivity contribution in [3.63, 3.8) is 0 Å². The van der Waals surface area contributed by atoms with Gasteiger partial charge in [-0.1, -0.05) is 60.7 Å². The molecular weight excluding hydrogens is 472 g/mol. The molecule has 9 heteroatoms. The minimum atomic E-state index is -1.32. The third-order valence-corrected chi connectivity index (χ3v) is 7.00. The molecule has 3 amide bonds. The molecule has 0 saturated carbocycles. The molecule has 0 unspecified atom stereocenters. The summed E-state index contributed by atoms with van der Waals surface area (Å²) >= 11 is 0. The zero-order chi connectivity index (χ0) is 26.0. The van der Waals surface area contributed by atoms with Crippen LogP contribution in [0.3, 0.4) is 0 Å². The highest BCUT2D eigenvalue weighted by Crippen LogP contribution is 2.38. The third kappa shape index (κ3) is 4.84. The van der Waals surface area contributed by atoms with E-state index in [4.69, 9.17) is 4.74 Å². The minimum Gasteiger partial charge on any atom is -0.491 e. The molecule has 0 aromatic heterocycles. The predicted molar refractivity (Wildman–Crippen MR) is 138 cm³/mol. The number of ether oxygens (including phenoxy) is 1. The lowest BCUT2D eigenvalue weighted by Gasteiger charge is -2.40. The first-order chi connectivity index (χ1) is 17.9. The molecule has 2 N–H and O–H groups in total. The number of benzene rings is 3. The molecule has 190 valence electrons. The summed E-state index contributed by atoms with van der Waals surface area (Å²) in [6, 6.07) is 21.9. The van der Waals surface area contributed by atoms with Crippen LogP contribution in [0.15, 0.2) is 77.9 Å². The summed E-state index contributed by atoms with van der Waals surface area (Å²) in [7, 11) is 1.62. The smallest absolute Gasteiger partial charge is 0.405 e. The second kappa shape index (κ2) is 9.93. The Morgan fingerprint density at radius 3 is 2.57 bits per heavy atom. The van der Waals surface area contributed by atoms with Gasteiger partial charge in [-0.3, -0.25) is 9.59 Å². The summed E-state index contributed by atoms with van der Waals surface area (Å²) in [4.78, 5) is 40.0. The van der Waals surface area contributed by atoms with Crippen molar-refractivity contribution in [2.24, 2.45) is 10.5 Å². The Hall–Kier alpha value is -4.40. The van der Waals surface area contributed by atoms with Gasteiger partial charge < -0.3 is 20.1 Å². The molecule has 2 atom stereocenters. The molecule has 5 rings (SSSR count). The van der Waals surface area contributed by atoms with Crippen molar-refractivity contribution in [2.45, 2.75) is 18.9 Å². The van der Waals surface area contributed by atoms with Gasteiger partial charge >= 0.3 is 6.09 Å². The standard InChI is InChI=1S/C28H28N4O5/c1-31-26(34)28(16-19-7-3-2-4-8-19)18-32(14-13-24(28)30-31)25(33)23(29-27(35)36)17-37-22-12-11-20-9-5-6-10-21(20)15-22/h2-12,15,23,29H,13-14,16-18H2,1H3,(H,35,36)/t23-,28-/m1/s1. The van der Waals surface area contributed by atoms with Crippen LogP contribution >= 0.6 is 0 Å². The SMILES string of the molecule is CN1N=C2CCN(C(=O)[C@@H](COc3ccc4ccccc4c3)NC(=O)O)C[C@@]2(Cc2ccccc2)C1=O. The van der Waals surface area contributed by atoms with E-state index in [1.54, 1.807) is 18.0 Å². The fourth-order valence-electron chi connectivity index (χ4n) is 5.20. The van der Waals surface area contributed by atoms with Gasteiger partial charge in [0.25, 0.3) is 5.91 Å². The van der Waals surface area contributed by atoms with E-state index in [9.17, 15) is 19.5 Å². The molecule has 0 spiro atoms. The first kappa shape index (κ1) is 24.3. The highest BCUT2D eigenvalue weighted by Gasteiger charge is 2.53. The molecule has 0 bridgehead atoms.